The predicted octanol–water partition coefficient (Wildman–Crippen LogP) is 5.98. The van der Waals surface area contributed by atoms with Crippen LogP contribution >= 0.6 is 46.4 Å². The molecule has 1 spiro atoms. The van der Waals surface area contributed by atoms with Crippen molar-refractivity contribution >= 4 is 58.3 Å². The number of esters is 1. The summed E-state index contributed by atoms with van der Waals surface area (Å²) in [6, 6.07) is 6.41. The number of aromatic hydroxyl groups is 2. The highest BCUT2D eigenvalue weighted by molar-refractivity contribution is 6.39. The summed E-state index contributed by atoms with van der Waals surface area (Å²) >= 11 is 24.9. The average Bonchev–Trinajstić information content (AvgIpc) is 3.05. The predicted molar refractivity (Wildman–Crippen MR) is 115 cm³/mol. The molecule has 0 atom stereocenters. The molecule has 3 aromatic carbocycles. The largest absolute Gasteiger partial charge is 0.505 e. The molecule has 7 nitrogen and oxygen atoms in total. The molecule has 0 fully saturated rings. The molecular formula is C21H8Cl4O7. The van der Waals surface area contributed by atoms with Crippen molar-refractivity contribution in [1.29, 1.82) is 0 Å². The minimum Gasteiger partial charge on any atom is -0.505 e. The monoisotopic (exact) mass is 512 g/mol. The van der Waals surface area contributed by atoms with Gasteiger partial charge < -0.3 is 24.8 Å². The third-order valence-electron chi connectivity index (χ3n) is 5.37. The van der Waals surface area contributed by atoms with Gasteiger partial charge in [0.2, 0.25) is 0 Å². The Morgan fingerprint density at radius 3 is 1.88 bits per heavy atom. The molecule has 2 aliphatic rings. The second kappa shape index (κ2) is 6.83. The first kappa shape index (κ1) is 21.0. The van der Waals surface area contributed by atoms with Crippen LogP contribution in [0.2, 0.25) is 20.1 Å². The zero-order valence-electron chi connectivity index (χ0n) is 15.4. The Labute approximate surface area is 199 Å². The van der Waals surface area contributed by atoms with Gasteiger partial charge in [0.1, 0.15) is 10.0 Å². The van der Waals surface area contributed by atoms with E-state index in [1.807, 2.05) is 0 Å². The van der Waals surface area contributed by atoms with E-state index in [0.717, 1.165) is 0 Å². The number of hydrogen-bond donors (Lipinski definition) is 3. The third-order valence-corrected chi connectivity index (χ3v) is 6.65. The number of hydrogen-bond acceptors (Lipinski definition) is 6. The second-order valence-corrected chi connectivity index (χ2v) is 8.60. The topological polar surface area (TPSA) is 113 Å². The van der Waals surface area contributed by atoms with Crippen LogP contribution in [0.25, 0.3) is 0 Å². The van der Waals surface area contributed by atoms with E-state index in [2.05, 4.69) is 0 Å². The molecule has 11 heteroatoms. The molecule has 3 N–H and O–H groups in total. The van der Waals surface area contributed by atoms with E-state index < -0.39 is 29.0 Å². The zero-order valence-corrected chi connectivity index (χ0v) is 18.4. The Bertz CT molecular complexity index is 1340. The number of phenolic OH excluding ortho intramolecular Hbond substituents is 2. The number of benzene rings is 3. The number of carboxylic acid groups (broad SMARTS) is 1. The van der Waals surface area contributed by atoms with E-state index in [9.17, 15) is 24.9 Å². The van der Waals surface area contributed by atoms with Gasteiger partial charge in [-0.1, -0.05) is 46.4 Å². The smallest absolute Gasteiger partial charge is 0.340 e. The molecule has 32 heavy (non-hydrogen) atoms. The molecule has 2 aliphatic heterocycles. The first-order chi connectivity index (χ1) is 15.1. The van der Waals surface area contributed by atoms with Gasteiger partial charge in [0.25, 0.3) is 0 Å². The van der Waals surface area contributed by atoms with Gasteiger partial charge in [-0.3, -0.25) is 0 Å². The highest BCUT2D eigenvalue weighted by atomic mass is 35.5. The van der Waals surface area contributed by atoms with Crippen molar-refractivity contribution in [1.82, 2.24) is 0 Å². The van der Waals surface area contributed by atoms with E-state index in [1.165, 1.54) is 30.3 Å². The molecule has 0 saturated carbocycles. The molecule has 2 heterocycles. The van der Waals surface area contributed by atoms with Gasteiger partial charge in [-0.05, 0) is 30.3 Å². The Balaban J connectivity index is 1.99. The van der Waals surface area contributed by atoms with Gasteiger partial charge >= 0.3 is 11.9 Å². The molecular weight excluding hydrogens is 506 g/mol. The van der Waals surface area contributed by atoms with Crippen LogP contribution < -0.4 is 4.74 Å². The Kier molecular flexibility index (Phi) is 4.49. The number of halogens is 4. The van der Waals surface area contributed by atoms with E-state index in [1.54, 1.807) is 0 Å². The van der Waals surface area contributed by atoms with Gasteiger partial charge in [0.05, 0.1) is 32.3 Å². The number of carboxylic acids is 1. The van der Waals surface area contributed by atoms with Crippen LogP contribution in [0.15, 0.2) is 30.3 Å². The quantitative estimate of drug-likeness (QED) is 0.343. The maximum Gasteiger partial charge on any atom is 0.340 e. The number of phenols is 2. The van der Waals surface area contributed by atoms with Gasteiger partial charge in [-0.15, -0.1) is 0 Å². The van der Waals surface area contributed by atoms with Crippen molar-refractivity contribution in [3.8, 4) is 23.0 Å². The molecule has 0 saturated heterocycles. The molecule has 0 aliphatic carbocycles. The summed E-state index contributed by atoms with van der Waals surface area (Å²) in [6.07, 6.45) is 0. The summed E-state index contributed by atoms with van der Waals surface area (Å²) in [6.45, 7) is 0. The molecule has 0 aromatic heterocycles. The number of fused-ring (bicyclic) bond motifs is 6. The fourth-order valence-electron chi connectivity index (χ4n) is 3.95. The lowest BCUT2D eigenvalue weighted by atomic mass is 9.77. The number of carbonyl (C=O) groups excluding carboxylic acids is 1. The molecule has 0 bridgehead atoms. The van der Waals surface area contributed by atoms with Crippen LogP contribution in [-0.4, -0.2) is 27.3 Å². The molecule has 0 amide bonds. The summed E-state index contributed by atoms with van der Waals surface area (Å²) in [4.78, 5) is 24.5. The van der Waals surface area contributed by atoms with Gasteiger partial charge in [-0.25, -0.2) is 9.59 Å². The van der Waals surface area contributed by atoms with Gasteiger partial charge in [-0.2, -0.15) is 0 Å². The Morgan fingerprint density at radius 2 is 1.38 bits per heavy atom. The lowest BCUT2D eigenvalue weighted by Gasteiger charge is -2.37. The molecule has 3 aromatic rings. The maximum atomic E-state index is 12.9. The Morgan fingerprint density at radius 1 is 0.844 bits per heavy atom. The first-order valence-corrected chi connectivity index (χ1v) is 10.3. The van der Waals surface area contributed by atoms with Gasteiger partial charge in [0.15, 0.2) is 28.6 Å². The van der Waals surface area contributed by atoms with Crippen LogP contribution in [0.4, 0.5) is 0 Å². The van der Waals surface area contributed by atoms with Crippen molar-refractivity contribution < 1.29 is 34.4 Å². The fraction of sp³-hybridized carbons (Fsp3) is 0.0476. The zero-order chi connectivity index (χ0) is 23.1. The second-order valence-electron chi connectivity index (χ2n) is 7.03. The first-order valence-electron chi connectivity index (χ1n) is 8.79. The summed E-state index contributed by atoms with van der Waals surface area (Å²) in [5.41, 5.74) is -1.53. The molecule has 162 valence electrons. The fourth-order valence-corrected chi connectivity index (χ4v) is 4.94. The normalized spacial score (nSPS) is 14.9. The van der Waals surface area contributed by atoms with Gasteiger partial charge in [0, 0.05) is 5.56 Å². The van der Waals surface area contributed by atoms with Crippen molar-refractivity contribution in [3.05, 3.63) is 78.2 Å². The van der Waals surface area contributed by atoms with Crippen LogP contribution in [0.5, 0.6) is 23.0 Å². The molecule has 5 rings (SSSR count). The van der Waals surface area contributed by atoms with Crippen LogP contribution in [0, 0.1) is 0 Å². The lowest BCUT2D eigenvalue weighted by molar-refractivity contribution is 0.0224. The summed E-state index contributed by atoms with van der Waals surface area (Å²) in [5, 5.41) is 29.0. The van der Waals surface area contributed by atoms with Crippen molar-refractivity contribution in [2.45, 2.75) is 5.60 Å². The highest BCUT2D eigenvalue weighted by Crippen LogP contribution is 2.62. The number of ether oxygens (including phenoxy) is 2. The lowest BCUT2D eigenvalue weighted by Crippen LogP contribution is -2.33. The van der Waals surface area contributed by atoms with Crippen molar-refractivity contribution in [3.63, 3.8) is 0 Å². The SMILES string of the molecule is O=C(O)c1ccc2c(c1)C1(OC2=O)c2cc(Cl)c(O)c(Cl)c2Oc2c1cc(Cl)c(O)c2Cl. The van der Waals surface area contributed by atoms with E-state index >= 15 is 0 Å². The van der Waals surface area contributed by atoms with E-state index in [-0.39, 0.29) is 59.4 Å². The number of aromatic carboxylic acids is 1. The van der Waals surface area contributed by atoms with E-state index in [4.69, 9.17) is 55.9 Å². The summed E-state index contributed by atoms with van der Waals surface area (Å²) in [7, 11) is 0. The minimum absolute atomic E-state index is 0.0782. The Hall–Kier alpha value is -2.84. The maximum absolute atomic E-state index is 12.9. The summed E-state index contributed by atoms with van der Waals surface area (Å²) < 4.78 is 11.7. The number of carbonyl (C=O) groups is 2. The highest BCUT2D eigenvalue weighted by Gasteiger charge is 2.55. The minimum atomic E-state index is -1.83. The molecule has 0 radical (unpaired) electrons. The van der Waals surface area contributed by atoms with E-state index in [0.29, 0.717) is 0 Å². The van der Waals surface area contributed by atoms with Crippen LogP contribution in [0.3, 0.4) is 0 Å². The van der Waals surface area contributed by atoms with Crippen LogP contribution in [0.1, 0.15) is 37.4 Å². The standard InChI is InChI=1S/C21H8Cl4O7/c22-11-4-9-17(13(24)15(11)26)31-18-10(5-12(23)16(27)14(18)25)21(9)8-3-6(19(28)29)1-2-7(8)20(30)32-21/h1-5,26-27H,(H,28,29). The number of rotatable bonds is 1. The van der Waals surface area contributed by atoms with Crippen LogP contribution in [-0.2, 0) is 10.3 Å². The van der Waals surface area contributed by atoms with Crippen molar-refractivity contribution in [2.75, 3.05) is 0 Å². The third kappa shape index (κ3) is 2.56. The molecule has 0 unspecified atom stereocenters. The average molecular weight is 514 g/mol. The summed E-state index contributed by atoms with van der Waals surface area (Å²) in [5.74, 6) is -3.29. The van der Waals surface area contributed by atoms with Crippen molar-refractivity contribution in [2.24, 2.45) is 0 Å².